The molecule has 0 saturated carbocycles. The fourth-order valence-electron chi connectivity index (χ4n) is 7.49. The molecule has 2 aliphatic rings. The molecule has 0 unspecified atom stereocenters. The second kappa shape index (κ2) is 7.99. The first kappa shape index (κ1) is 22.1. The van der Waals surface area contributed by atoms with Crippen LogP contribution in [0.2, 0.25) is 0 Å². The quantitative estimate of drug-likeness (QED) is 0.204. The number of benzene rings is 7. The van der Waals surface area contributed by atoms with Crippen molar-refractivity contribution in [2.24, 2.45) is 0 Å². The van der Waals surface area contributed by atoms with Gasteiger partial charge in [0.25, 0.3) is 0 Å². The molecule has 1 aliphatic heterocycles. The smallest absolute Gasteiger partial charge is 0.123 e. The topological polar surface area (TPSA) is 8.17 Å². The SMILES string of the molecule is c1ccc2c(c1)-c1cccc3cc(N4c5ccc6ccccc6c5-c5ccccc5-n5c4cc4ccccc45)cc-2c13. The lowest BCUT2D eigenvalue weighted by Crippen LogP contribution is -2.13. The first-order chi connectivity index (χ1) is 20.8. The minimum Gasteiger partial charge on any atom is -0.295 e. The summed E-state index contributed by atoms with van der Waals surface area (Å²) in [6.45, 7) is 0. The Morgan fingerprint density at radius 2 is 1.10 bits per heavy atom. The van der Waals surface area contributed by atoms with Crippen LogP contribution in [-0.2, 0) is 0 Å². The third-order valence-electron chi connectivity index (χ3n) is 9.21. The van der Waals surface area contributed by atoms with Crippen LogP contribution >= 0.6 is 0 Å². The molecule has 0 N–H and O–H groups in total. The zero-order valence-corrected chi connectivity index (χ0v) is 22.8. The summed E-state index contributed by atoms with van der Waals surface area (Å²) >= 11 is 0. The van der Waals surface area contributed by atoms with Gasteiger partial charge in [-0.25, -0.2) is 0 Å². The lowest BCUT2D eigenvalue weighted by atomic mass is 9.94. The minimum atomic E-state index is 1.15. The van der Waals surface area contributed by atoms with E-state index in [2.05, 4.69) is 155 Å². The van der Waals surface area contributed by atoms with Gasteiger partial charge in [-0.2, -0.15) is 0 Å². The van der Waals surface area contributed by atoms with E-state index in [1.807, 2.05) is 0 Å². The summed E-state index contributed by atoms with van der Waals surface area (Å²) in [7, 11) is 0. The standard InChI is InChI=1S/C40H24N2/c1-3-13-29-25(10-1)20-21-37-40(29)33-16-6-8-19-36(33)42-35-18-7-2-11-26(35)23-38(42)41(37)28-22-27-12-9-17-32-30-14-4-5-15-31(30)34(24-28)39(27)32/h1-24H. The van der Waals surface area contributed by atoms with E-state index in [-0.39, 0.29) is 0 Å². The molecule has 2 heteroatoms. The third-order valence-corrected chi connectivity index (χ3v) is 9.21. The van der Waals surface area contributed by atoms with E-state index in [4.69, 9.17) is 0 Å². The summed E-state index contributed by atoms with van der Waals surface area (Å²) in [5.41, 5.74) is 12.5. The van der Waals surface area contributed by atoms with Gasteiger partial charge in [-0.3, -0.25) is 9.47 Å². The summed E-state index contributed by atoms with van der Waals surface area (Å²) < 4.78 is 2.45. The number of para-hydroxylation sites is 2. The Morgan fingerprint density at radius 1 is 0.405 bits per heavy atom. The van der Waals surface area contributed by atoms with Crippen LogP contribution in [0, 0.1) is 0 Å². The molecule has 0 fully saturated rings. The predicted molar refractivity (Wildman–Crippen MR) is 176 cm³/mol. The van der Waals surface area contributed by atoms with Gasteiger partial charge in [-0.15, -0.1) is 0 Å². The van der Waals surface area contributed by atoms with Gasteiger partial charge in [0.2, 0.25) is 0 Å². The van der Waals surface area contributed by atoms with E-state index in [1.165, 1.54) is 82.9 Å². The molecule has 194 valence electrons. The fraction of sp³-hybridized carbons (Fsp3) is 0. The number of anilines is 3. The molecule has 0 bridgehead atoms. The van der Waals surface area contributed by atoms with Gasteiger partial charge in [0.1, 0.15) is 5.82 Å². The second-order valence-electron chi connectivity index (χ2n) is 11.4. The molecule has 1 aromatic heterocycles. The molecule has 0 spiro atoms. The maximum Gasteiger partial charge on any atom is 0.123 e. The first-order valence-corrected chi connectivity index (χ1v) is 14.5. The summed E-state index contributed by atoms with van der Waals surface area (Å²) in [5.74, 6) is 1.15. The number of nitrogens with zero attached hydrogens (tertiary/aromatic N) is 2. The molecule has 1 aliphatic carbocycles. The zero-order valence-electron chi connectivity index (χ0n) is 22.8. The Morgan fingerprint density at radius 3 is 2.00 bits per heavy atom. The lowest BCUT2D eigenvalue weighted by molar-refractivity contribution is 1.09. The Kier molecular flexibility index (Phi) is 4.21. The number of aromatic nitrogens is 1. The highest BCUT2D eigenvalue weighted by atomic mass is 15.3. The molecule has 42 heavy (non-hydrogen) atoms. The highest BCUT2D eigenvalue weighted by Gasteiger charge is 2.30. The lowest BCUT2D eigenvalue weighted by Gasteiger charge is -2.27. The van der Waals surface area contributed by atoms with Gasteiger partial charge in [0, 0.05) is 22.2 Å². The van der Waals surface area contributed by atoms with Crippen molar-refractivity contribution < 1.29 is 0 Å². The van der Waals surface area contributed by atoms with Crippen LogP contribution in [0.3, 0.4) is 0 Å². The zero-order chi connectivity index (χ0) is 27.4. The number of hydrogen-bond acceptors (Lipinski definition) is 1. The van der Waals surface area contributed by atoms with E-state index < -0.39 is 0 Å². The van der Waals surface area contributed by atoms with Crippen LogP contribution in [0.4, 0.5) is 17.2 Å². The van der Waals surface area contributed by atoms with Crippen LogP contribution in [0.15, 0.2) is 146 Å². The Balaban J connectivity index is 1.38. The first-order valence-electron chi connectivity index (χ1n) is 14.5. The van der Waals surface area contributed by atoms with Crippen LogP contribution in [-0.4, -0.2) is 4.57 Å². The van der Waals surface area contributed by atoms with Gasteiger partial charge in [-0.1, -0.05) is 109 Å². The Hall–Kier alpha value is -5.60. The predicted octanol–water partition coefficient (Wildman–Crippen LogP) is 11.0. The maximum absolute atomic E-state index is 2.49. The number of hydrogen-bond donors (Lipinski definition) is 0. The van der Waals surface area contributed by atoms with E-state index in [0.29, 0.717) is 0 Å². The molecule has 10 rings (SSSR count). The van der Waals surface area contributed by atoms with Gasteiger partial charge in [0.05, 0.1) is 16.9 Å². The van der Waals surface area contributed by atoms with Gasteiger partial charge < -0.3 is 0 Å². The summed E-state index contributed by atoms with van der Waals surface area (Å²) in [5, 5.41) is 6.36. The van der Waals surface area contributed by atoms with Crippen LogP contribution in [0.25, 0.3) is 71.5 Å². The van der Waals surface area contributed by atoms with E-state index >= 15 is 0 Å². The Bertz CT molecular complexity index is 2430. The molecule has 7 aromatic carbocycles. The molecule has 0 amide bonds. The molecular formula is C40H24N2. The minimum absolute atomic E-state index is 1.15. The van der Waals surface area contributed by atoms with Crippen LogP contribution in [0.1, 0.15) is 0 Å². The van der Waals surface area contributed by atoms with Crippen molar-refractivity contribution in [2.75, 3.05) is 4.90 Å². The largest absolute Gasteiger partial charge is 0.295 e. The van der Waals surface area contributed by atoms with Crippen molar-refractivity contribution in [3.8, 4) is 39.1 Å². The molecule has 0 radical (unpaired) electrons. The molecule has 8 aromatic rings. The highest BCUT2D eigenvalue weighted by molar-refractivity contribution is 6.17. The molecule has 2 heterocycles. The second-order valence-corrected chi connectivity index (χ2v) is 11.4. The Labute approximate surface area is 243 Å². The van der Waals surface area contributed by atoms with Crippen molar-refractivity contribution >= 4 is 49.6 Å². The monoisotopic (exact) mass is 532 g/mol. The normalized spacial score (nSPS) is 12.7. The highest BCUT2D eigenvalue weighted by Crippen LogP contribution is 2.54. The van der Waals surface area contributed by atoms with Crippen LogP contribution < -0.4 is 4.90 Å². The molecule has 0 saturated heterocycles. The summed E-state index contributed by atoms with van der Waals surface area (Å²) in [6, 6.07) is 53.7. The third kappa shape index (κ3) is 2.78. The van der Waals surface area contributed by atoms with Crippen molar-refractivity contribution in [1.29, 1.82) is 0 Å². The van der Waals surface area contributed by atoms with Gasteiger partial charge in [0.15, 0.2) is 0 Å². The van der Waals surface area contributed by atoms with Crippen molar-refractivity contribution in [3.05, 3.63) is 146 Å². The van der Waals surface area contributed by atoms with Crippen molar-refractivity contribution in [2.45, 2.75) is 0 Å². The van der Waals surface area contributed by atoms with E-state index in [9.17, 15) is 0 Å². The fourth-order valence-corrected chi connectivity index (χ4v) is 7.49. The van der Waals surface area contributed by atoms with Gasteiger partial charge >= 0.3 is 0 Å². The summed E-state index contributed by atoms with van der Waals surface area (Å²) in [4.78, 5) is 2.49. The van der Waals surface area contributed by atoms with Crippen molar-refractivity contribution in [3.63, 3.8) is 0 Å². The van der Waals surface area contributed by atoms with E-state index in [0.717, 1.165) is 5.82 Å². The number of fused-ring (bicyclic) bond motifs is 12. The van der Waals surface area contributed by atoms with Crippen molar-refractivity contribution in [1.82, 2.24) is 4.57 Å². The number of rotatable bonds is 1. The van der Waals surface area contributed by atoms with Gasteiger partial charge in [-0.05, 0) is 80.2 Å². The van der Waals surface area contributed by atoms with Crippen LogP contribution in [0.5, 0.6) is 0 Å². The molecule has 2 nitrogen and oxygen atoms in total. The summed E-state index contributed by atoms with van der Waals surface area (Å²) in [6.07, 6.45) is 0. The average Bonchev–Trinajstić information content (AvgIpc) is 3.54. The molecular weight excluding hydrogens is 508 g/mol. The maximum atomic E-state index is 2.49. The average molecular weight is 533 g/mol. The molecule has 0 atom stereocenters. The van der Waals surface area contributed by atoms with E-state index in [1.54, 1.807) is 0 Å².